The molecule has 2 aromatic carbocycles. The van der Waals surface area contributed by atoms with E-state index in [4.69, 9.17) is 23.2 Å². The molecule has 0 radical (unpaired) electrons. The summed E-state index contributed by atoms with van der Waals surface area (Å²) in [4.78, 5) is 28.1. The highest BCUT2D eigenvalue weighted by Gasteiger charge is 2.29. The molecule has 10 heteroatoms. The van der Waals surface area contributed by atoms with Gasteiger partial charge >= 0.3 is 0 Å². The Bertz CT molecular complexity index is 1190. The topological polar surface area (TPSA) is 86.8 Å². The Kier molecular flexibility index (Phi) is 11.7. The van der Waals surface area contributed by atoms with Crippen molar-refractivity contribution in [3.63, 3.8) is 0 Å². The fourth-order valence-electron chi connectivity index (χ4n) is 3.96. The molecule has 0 aliphatic heterocycles. The van der Waals surface area contributed by atoms with E-state index >= 15 is 0 Å². The average Bonchev–Trinajstić information content (AvgIpc) is 2.81. The van der Waals surface area contributed by atoms with Gasteiger partial charge in [-0.3, -0.25) is 13.9 Å². The van der Waals surface area contributed by atoms with Gasteiger partial charge in [0.25, 0.3) is 0 Å². The van der Waals surface area contributed by atoms with Crippen LogP contribution in [0.2, 0.25) is 10.0 Å². The predicted octanol–water partition coefficient (Wildman–Crippen LogP) is 5.43. The Balaban J connectivity index is 2.24. The van der Waals surface area contributed by atoms with E-state index in [1.54, 1.807) is 41.3 Å². The van der Waals surface area contributed by atoms with Crippen LogP contribution in [0, 0.1) is 12.8 Å². The number of benzene rings is 2. The second-order valence-electron chi connectivity index (χ2n) is 9.61. The van der Waals surface area contributed by atoms with Crippen molar-refractivity contribution in [1.82, 2.24) is 10.2 Å². The standard InChI is InChI=1S/C27H37Cl2N3O4S/c1-6-25(27(34)30-17-19(2)3)31(18-21-12-13-23(28)24(29)16-21)26(33)11-8-14-32(37(5,35)36)22-10-7-9-20(4)15-22/h7,9-10,12-13,15-16,19,25H,6,8,11,14,17-18H2,1-5H3,(H,30,34)/t25-/m1/s1. The number of nitrogens with one attached hydrogen (secondary N) is 1. The molecule has 2 aromatic rings. The second kappa shape index (κ2) is 14.0. The van der Waals surface area contributed by atoms with Crippen LogP contribution in [-0.2, 0) is 26.2 Å². The number of anilines is 1. The van der Waals surface area contributed by atoms with Crippen LogP contribution in [0.5, 0.6) is 0 Å². The highest BCUT2D eigenvalue weighted by molar-refractivity contribution is 7.92. The third kappa shape index (κ3) is 9.51. The van der Waals surface area contributed by atoms with E-state index < -0.39 is 16.1 Å². The third-order valence-corrected chi connectivity index (χ3v) is 7.78. The predicted molar refractivity (Wildman–Crippen MR) is 152 cm³/mol. The van der Waals surface area contributed by atoms with Gasteiger partial charge in [-0.15, -0.1) is 0 Å². The van der Waals surface area contributed by atoms with Gasteiger partial charge in [-0.2, -0.15) is 0 Å². The first-order chi connectivity index (χ1) is 17.3. The van der Waals surface area contributed by atoms with Gasteiger partial charge in [0.2, 0.25) is 21.8 Å². The van der Waals surface area contributed by atoms with E-state index in [9.17, 15) is 18.0 Å². The van der Waals surface area contributed by atoms with Gasteiger partial charge in [-0.05, 0) is 61.1 Å². The minimum Gasteiger partial charge on any atom is -0.354 e. The van der Waals surface area contributed by atoms with Crippen molar-refractivity contribution in [3.8, 4) is 0 Å². The summed E-state index contributed by atoms with van der Waals surface area (Å²) in [5.74, 6) is -0.193. The molecule has 37 heavy (non-hydrogen) atoms. The number of carbonyl (C=O) groups excluding carboxylic acids is 2. The summed E-state index contributed by atoms with van der Waals surface area (Å²) in [6.07, 6.45) is 1.95. The molecule has 0 aromatic heterocycles. The van der Waals surface area contributed by atoms with Gasteiger partial charge in [0, 0.05) is 26.1 Å². The van der Waals surface area contributed by atoms with E-state index in [1.807, 2.05) is 33.8 Å². The summed E-state index contributed by atoms with van der Waals surface area (Å²) in [7, 11) is -3.54. The van der Waals surface area contributed by atoms with Crippen LogP contribution in [-0.4, -0.2) is 50.5 Å². The lowest BCUT2D eigenvalue weighted by Crippen LogP contribution is -2.49. The lowest BCUT2D eigenvalue weighted by Gasteiger charge is -2.31. The maximum absolute atomic E-state index is 13.5. The Hall–Kier alpha value is -2.29. The van der Waals surface area contributed by atoms with Gasteiger partial charge in [0.05, 0.1) is 22.0 Å². The van der Waals surface area contributed by atoms with Crippen molar-refractivity contribution in [2.45, 2.75) is 59.5 Å². The molecule has 1 atom stereocenters. The zero-order valence-corrected chi connectivity index (χ0v) is 24.5. The summed E-state index contributed by atoms with van der Waals surface area (Å²) in [5, 5.41) is 3.70. The minimum atomic E-state index is -3.54. The Labute approximate surface area is 231 Å². The van der Waals surface area contributed by atoms with E-state index in [-0.39, 0.29) is 37.2 Å². The van der Waals surface area contributed by atoms with Crippen LogP contribution in [0.15, 0.2) is 42.5 Å². The number of aryl methyl sites for hydroxylation is 1. The average molecular weight is 571 g/mol. The van der Waals surface area contributed by atoms with Crippen molar-refractivity contribution in [1.29, 1.82) is 0 Å². The second-order valence-corrected chi connectivity index (χ2v) is 12.3. The molecule has 0 fully saturated rings. The van der Waals surface area contributed by atoms with Crippen LogP contribution in [0.25, 0.3) is 0 Å². The van der Waals surface area contributed by atoms with Crippen molar-refractivity contribution >= 4 is 50.7 Å². The first-order valence-corrected chi connectivity index (χ1v) is 15.0. The molecular weight excluding hydrogens is 533 g/mol. The number of sulfonamides is 1. The largest absolute Gasteiger partial charge is 0.354 e. The van der Waals surface area contributed by atoms with E-state index in [2.05, 4.69) is 5.32 Å². The summed E-state index contributed by atoms with van der Waals surface area (Å²) >= 11 is 12.2. The molecule has 0 aliphatic carbocycles. The Morgan fingerprint density at radius 1 is 1.05 bits per heavy atom. The van der Waals surface area contributed by atoms with Crippen LogP contribution < -0.4 is 9.62 Å². The molecule has 0 spiro atoms. The molecule has 0 bridgehead atoms. The number of rotatable bonds is 13. The van der Waals surface area contributed by atoms with Crippen molar-refractivity contribution in [2.24, 2.45) is 5.92 Å². The third-order valence-electron chi connectivity index (χ3n) is 5.85. The summed E-state index contributed by atoms with van der Waals surface area (Å²) < 4.78 is 26.3. The number of halogens is 2. The molecule has 0 saturated heterocycles. The maximum Gasteiger partial charge on any atom is 0.242 e. The summed E-state index contributed by atoms with van der Waals surface area (Å²) in [5.41, 5.74) is 2.24. The molecule has 0 heterocycles. The maximum atomic E-state index is 13.5. The van der Waals surface area contributed by atoms with E-state index in [1.165, 1.54) is 4.31 Å². The molecule has 204 valence electrons. The number of hydrogen-bond donors (Lipinski definition) is 1. The summed E-state index contributed by atoms with van der Waals surface area (Å²) in [6, 6.07) is 11.7. The van der Waals surface area contributed by atoms with Gasteiger partial charge < -0.3 is 10.2 Å². The normalized spacial score (nSPS) is 12.3. The molecule has 0 unspecified atom stereocenters. The first kappa shape index (κ1) is 30.9. The zero-order valence-electron chi connectivity index (χ0n) is 22.1. The van der Waals surface area contributed by atoms with Crippen LogP contribution in [0.1, 0.15) is 51.2 Å². The fraction of sp³-hybridized carbons (Fsp3) is 0.481. The van der Waals surface area contributed by atoms with Crippen LogP contribution in [0.4, 0.5) is 5.69 Å². The number of nitrogens with zero attached hydrogens (tertiary/aromatic N) is 2. The van der Waals surface area contributed by atoms with Gasteiger partial charge in [-0.1, -0.05) is 62.2 Å². The smallest absolute Gasteiger partial charge is 0.242 e. The van der Waals surface area contributed by atoms with Gasteiger partial charge in [0.1, 0.15) is 6.04 Å². The molecule has 1 N–H and O–H groups in total. The molecule has 2 amide bonds. The van der Waals surface area contributed by atoms with Crippen LogP contribution in [0.3, 0.4) is 0 Å². The fourth-order valence-corrected chi connectivity index (χ4v) is 5.24. The SMILES string of the molecule is CC[C@H](C(=O)NCC(C)C)N(Cc1ccc(Cl)c(Cl)c1)C(=O)CCCN(c1cccc(C)c1)S(C)(=O)=O. The van der Waals surface area contributed by atoms with Crippen molar-refractivity contribution < 1.29 is 18.0 Å². The number of hydrogen-bond acceptors (Lipinski definition) is 4. The van der Waals surface area contributed by atoms with E-state index in [0.717, 1.165) is 17.4 Å². The first-order valence-electron chi connectivity index (χ1n) is 12.4. The lowest BCUT2D eigenvalue weighted by molar-refractivity contribution is -0.141. The Morgan fingerprint density at radius 3 is 2.32 bits per heavy atom. The summed E-state index contributed by atoms with van der Waals surface area (Å²) in [6.45, 7) is 8.58. The van der Waals surface area contributed by atoms with Gasteiger partial charge in [0.15, 0.2) is 0 Å². The quantitative estimate of drug-likeness (QED) is 0.348. The number of amides is 2. The van der Waals surface area contributed by atoms with Gasteiger partial charge in [-0.25, -0.2) is 8.42 Å². The van der Waals surface area contributed by atoms with Crippen LogP contribution >= 0.6 is 23.2 Å². The van der Waals surface area contributed by atoms with Crippen molar-refractivity contribution in [3.05, 3.63) is 63.6 Å². The highest BCUT2D eigenvalue weighted by atomic mass is 35.5. The lowest BCUT2D eigenvalue weighted by atomic mass is 10.1. The monoisotopic (exact) mass is 569 g/mol. The minimum absolute atomic E-state index is 0.0765. The molecular formula is C27H37Cl2N3O4S. The number of carbonyl (C=O) groups is 2. The zero-order chi connectivity index (χ0) is 27.8. The molecule has 0 aliphatic rings. The molecule has 7 nitrogen and oxygen atoms in total. The van der Waals surface area contributed by atoms with E-state index in [0.29, 0.717) is 35.1 Å². The van der Waals surface area contributed by atoms with Crippen molar-refractivity contribution in [2.75, 3.05) is 23.7 Å². The highest BCUT2D eigenvalue weighted by Crippen LogP contribution is 2.25. The molecule has 2 rings (SSSR count). The molecule has 0 saturated carbocycles. The Morgan fingerprint density at radius 2 is 1.76 bits per heavy atom.